The molecule has 3 heterocycles. The van der Waals surface area contributed by atoms with Crippen molar-refractivity contribution < 1.29 is 47.7 Å². The van der Waals surface area contributed by atoms with Crippen molar-refractivity contribution in [3.8, 4) is 0 Å². The fourth-order valence-corrected chi connectivity index (χ4v) is 6.80. The van der Waals surface area contributed by atoms with E-state index in [1.54, 1.807) is 13.8 Å². The summed E-state index contributed by atoms with van der Waals surface area (Å²) in [5, 5.41) is 9.59. The highest BCUT2D eigenvalue weighted by Gasteiger charge is 2.46. The summed E-state index contributed by atoms with van der Waals surface area (Å²) in [7, 11) is 0. The Hall–Kier alpha value is -0.400. The highest BCUT2D eigenvalue weighted by molar-refractivity contribution is 4.81. The van der Waals surface area contributed by atoms with Crippen molar-refractivity contribution in [2.24, 2.45) is 29.6 Å². The van der Waals surface area contributed by atoms with E-state index < -0.39 is 24.0 Å². The average molecular weight is 677 g/mol. The summed E-state index contributed by atoms with van der Waals surface area (Å²) in [6.07, 6.45) is 0.653. The lowest BCUT2D eigenvalue weighted by atomic mass is 9.93. The van der Waals surface area contributed by atoms with Gasteiger partial charge in [-0.25, -0.2) is 0 Å². The highest BCUT2D eigenvalue weighted by atomic mass is 16.9. The first kappa shape index (κ1) is 42.8. The van der Waals surface area contributed by atoms with Gasteiger partial charge in [0, 0.05) is 50.4 Å². The van der Waals surface area contributed by atoms with Crippen LogP contribution in [-0.4, -0.2) is 84.1 Å². The summed E-state index contributed by atoms with van der Waals surface area (Å²) in [4.78, 5) is 0. The Bertz CT molecular complexity index is 895. The number of aliphatic hydroxyl groups excluding tert-OH is 1. The number of aliphatic hydroxyl groups is 1. The van der Waals surface area contributed by atoms with E-state index in [2.05, 4.69) is 55.4 Å². The Balaban J connectivity index is 0.000000366. The van der Waals surface area contributed by atoms with Crippen molar-refractivity contribution in [1.82, 2.24) is 0 Å². The molecule has 1 N–H and O–H groups in total. The van der Waals surface area contributed by atoms with Gasteiger partial charge in [-0.15, -0.1) is 0 Å². The number of hydrogen-bond acceptors (Lipinski definition) is 10. The molecule has 3 aliphatic heterocycles. The largest absolute Gasteiger partial charge is 0.393 e. The molecule has 0 spiro atoms. The van der Waals surface area contributed by atoms with Crippen LogP contribution in [0.25, 0.3) is 0 Å². The smallest absolute Gasteiger partial charge is 0.280 e. The van der Waals surface area contributed by atoms with Crippen LogP contribution in [0.3, 0.4) is 0 Å². The topological polar surface area (TPSA) is 103 Å². The van der Waals surface area contributed by atoms with Crippen LogP contribution in [0.2, 0.25) is 0 Å². The zero-order valence-corrected chi connectivity index (χ0v) is 33.0. The van der Waals surface area contributed by atoms with Crippen molar-refractivity contribution in [1.29, 1.82) is 0 Å². The van der Waals surface area contributed by atoms with E-state index in [4.69, 9.17) is 42.6 Å². The van der Waals surface area contributed by atoms with E-state index in [0.29, 0.717) is 17.8 Å². The molecule has 0 aliphatic carbocycles. The molecule has 0 aromatic rings. The van der Waals surface area contributed by atoms with Crippen LogP contribution in [-0.2, 0) is 42.6 Å². The highest BCUT2D eigenvalue weighted by Crippen LogP contribution is 2.38. The summed E-state index contributed by atoms with van der Waals surface area (Å²) >= 11 is 0. The molecule has 3 saturated heterocycles. The minimum atomic E-state index is -1.06. The van der Waals surface area contributed by atoms with Crippen LogP contribution in [0, 0.1) is 29.6 Å². The predicted octanol–water partition coefficient (Wildman–Crippen LogP) is 7.63. The van der Waals surface area contributed by atoms with Gasteiger partial charge in [-0.1, -0.05) is 34.6 Å². The molecule has 280 valence electrons. The first-order valence-corrected chi connectivity index (χ1v) is 18.2. The Morgan fingerprint density at radius 3 is 1.00 bits per heavy atom. The third-order valence-electron chi connectivity index (χ3n) is 11.2. The van der Waals surface area contributed by atoms with Crippen LogP contribution in [0.1, 0.15) is 131 Å². The summed E-state index contributed by atoms with van der Waals surface area (Å²) in [6, 6.07) is 0. The molecule has 10 nitrogen and oxygen atoms in total. The van der Waals surface area contributed by atoms with Crippen LogP contribution in [0.5, 0.6) is 0 Å². The van der Waals surface area contributed by atoms with Crippen molar-refractivity contribution in [2.45, 2.75) is 210 Å². The zero-order chi connectivity index (χ0) is 36.2. The van der Waals surface area contributed by atoms with Crippen LogP contribution in [0.4, 0.5) is 0 Å². The molecule has 0 radical (unpaired) electrons. The van der Waals surface area contributed by atoms with E-state index in [1.807, 2.05) is 55.4 Å². The van der Waals surface area contributed by atoms with Gasteiger partial charge >= 0.3 is 0 Å². The van der Waals surface area contributed by atoms with Gasteiger partial charge in [-0.3, -0.25) is 0 Å². The van der Waals surface area contributed by atoms with E-state index >= 15 is 0 Å². The van der Waals surface area contributed by atoms with Gasteiger partial charge in [-0.05, 0) is 75.7 Å². The molecular formula is C37H72O10. The molecule has 3 rings (SSSR count). The standard InChI is InChI=1S/C23H44O6.C14H28O4/c1-12-21-19(8)28-23(11,29-20(21)9)27-18(7)14(3)17(6)26-22(10)24-15(4)13(2)16(5)25-22;1-8(10(3)15)11(4)16-14(7)17-12(5)9(2)13(6)18-14/h13-21H,12H2,1-11H3;8-13,15H,1-7H3. The zero-order valence-electron chi connectivity index (χ0n) is 33.0. The Kier molecular flexibility index (Phi) is 15.7. The van der Waals surface area contributed by atoms with Crippen LogP contribution in [0.15, 0.2) is 0 Å². The average Bonchev–Trinajstić information content (AvgIpc) is 2.93. The van der Waals surface area contributed by atoms with Crippen molar-refractivity contribution in [3.05, 3.63) is 0 Å². The van der Waals surface area contributed by atoms with Crippen LogP contribution < -0.4 is 0 Å². The van der Waals surface area contributed by atoms with E-state index in [1.165, 1.54) is 0 Å². The first-order chi connectivity index (χ1) is 21.5. The summed E-state index contributed by atoms with van der Waals surface area (Å²) in [5.74, 6) is -2.01. The molecule has 12 atom stereocenters. The molecule has 3 aliphatic rings. The maximum absolute atomic E-state index is 9.59. The molecule has 3 fully saturated rings. The number of hydrogen-bond donors (Lipinski definition) is 1. The number of ether oxygens (including phenoxy) is 9. The Morgan fingerprint density at radius 2 is 0.745 bits per heavy atom. The maximum Gasteiger partial charge on any atom is 0.280 e. The first-order valence-electron chi connectivity index (χ1n) is 18.2. The minimum absolute atomic E-state index is 0.0268. The van der Waals surface area contributed by atoms with Gasteiger partial charge in [-0.2, -0.15) is 0 Å². The Labute approximate surface area is 287 Å². The second kappa shape index (κ2) is 17.2. The fourth-order valence-electron chi connectivity index (χ4n) is 6.80. The molecule has 0 bridgehead atoms. The monoisotopic (exact) mass is 677 g/mol. The lowest BCUT2D eigenvalue weighted by Gasteiger charge is -2.47. The second-order valence-corrected chi connectivity index (χ2v) is 15.2. The van der Waals surface area contributed by atoms with Gasteiger partial charge in [0.1, 0.15) is 0 Å². The third kappa shape index (κ3) is 11.6. The van der Waals surface area contributed by atoms with Gasteiger partial charge < -0.3 is 47.7 Å². The van der Waals surface area contributed by atoms with Gasteiger partial charge in [0.05, 0.1) is 61.0 Å². The quantitative estimate of drug-likeness (QED) is 0.235. The minimum Gasteiger partial charge on any atom is -0.393 e. The molecule has 0 saturated carbocycles. The van der Waals surface area contributed by atoms with E-state index in [9.17, 15) is 5.11 Å². The molecule has 0 aromatic carbocycles. The normalized spacial score (nSPS) is 45.1. The second-order valence-electron chi connectivity index (χ2n) is 15.2. The molecule has 0 aromatic heterocycles. The molecule has 47 heavy (non-hydrogen) atoms. The molecule has 10 heteroatoms. The lowest BCUT2D eigenvalue weighted by molar-refractivity contribution is -0.452. The van der Waals surface area contributed by atoms with E-state index in [0.717, 1.165) is 6.42 Å². The molecule has 0 amide bonds. The number of rotatable bonds is 11. The Morgan fingerprint density at radius 1 is 0.489 bits per heavy atom. The van der Waals surface area contributed by atoms with E-state index in [-0.39, 0.29) is 66.8 Å². The predicted molar refractivity (Wildman–Crippen MR) is 182 cm³/mol. The van der Waals surface area contributed by atoms with Crippen molar-refractivity contribution >= 4 is 0 Å². The van der Waals surface area contributed by atoms with Gasteiger partial charge in [0.15, 0.2) is 0 Å². The fraction of sp³-hybridized carbons (Fsp3) is 1.00. The van der Waals surface area contributed by atoms with Crippen molar-refractivity contribution in [2.75, 3.05) is 0 Å². The molecular weight excluding hydrogens is 604 g/mol. The maximum atomic E-state index is 9.59. The SMILES string of the molecule is CC(O)C(C)C(C)OC1(C)OC(C)C(C)C(C)O1.CCC1C(C)OC(C)(OC(C)C(C)C(C)OC2(C)OC(C)C(C)C(C)O2)OC1C. The van der Waals surface area contributed by atoms with Gasteiger partial charge in [0.2, 0.25) is 0 Å². The lowest BCUT2D eigenvalue weighted by Crippen LogP contribution is -2.55. The molecule has 12 unspecified atom stereocenters. The van der Waals surface area contributed by atoms with Crippen molar-refractivity contribution in [3.63, 3.8) is 0 Å². The summed E-state index contributed by atoms with van der Waals surface area (Å²) in [5.41, 5.74) is 0. The van der Waals surface area contributed by atoms with Gasteiger partial charge in [0.25, 0.3) is 17.9 Å². The third-order valence-corrected chi connectivity index (χ3v) is 11.2. The summed E-state index contributed by atoms with van der Waals surface area (Å²) < 4.78 is 54.4. The summed E-state index contributed by atoms with van der Waals surface area (Å²) in [6.45, 7) is 36.1. The van der Waals surface area contributed by atoms with Crippen LogP contribution >= 0.6 is 0 Å².